The summed E-state index contributed by atoms with van der Waals surface area (Å²) in [6, 6.07) is 41.5. The van der Waals surface area contributed by atoms with Gasteiger partial charge in [0, 0.05) is 24.9 Å². The van der Waals surface area contributed by atoms with Gasteiger partial charge in [0.15, 0.2) is 0 Å². The highest BCUT2D eigenvalue weighted by molar-refractivity contribution is 7.59. The molecule has 4 rings (SSSR count). The van der Waals surface area contributed by atoms with Gasteiger partial charge in [-0.15, -0.1) is 12.4 Å². The van der Waals surface area contributed by atoms with Crippen LogP contribution in [0.15, 0.2) is 121 Å². The quantitative estimate of drug-likeness (QED) is 0.130. The summed E-state index contributed by atoms with van der Waals surface area (Å²) in [5.41, 5.74) is 3.19. The van der Waals surface area contributed by atoms with E-state index < -0.39 is 10.8 Å². The Morgan fingerprint density at radius 2 is 0.694 bits per heavy atom. The van der Waals surface area contributed by atoms with E-state index in [0.29, 0.717) is 24.9 Å². The smallest absolute Gasteiger partial charge is 0.147 e. The molecule has 49 heavy (non-hydrogen) atoms. The highest BCUT2D eigenvalue weighted by Crippen LogP contribution is 2.40. The lowest BCUT2D eigenvalue weighted by molar-refractivity contribution is -0.124. The average molecular weight is 724 g/mol. The largest absolute Gasteiger partial charge is 0.307 e. The second-order valence-corrected chi connectivity index (χ2v) is 12.9. The van der Waals surface area contributed by atoms with Crippen molar-refractivity contribution in [1.82, 2.24) is 9.80 Å². The average Bonchev–Trinajstić information content (AvgIpc) is 3.10. The molecule has 0 amide bonds. The molecular weight excluding hydrogens is 664 g/mol. The summed E-state index contributed by atoms with van der Waals surface area (Å²) in [6.07, 6.45) is 2.62. The van der Waals surface area contributed by atoms with Crippen LogP contribution in [0.2, 0.25) is 0 Å². The second kappa shape index (κ2) is 22.1. The third kappa shape index (κ3) is 11.1. The lowest BCUT2D eigenvalue weighted by atomic mass is 9.67. The molecule has 4 nitrogen and oxygen atoms in total. The summed E-state index contributed by atoms with van der Waals surface area (Å²) in [5, 5.41) is 0. The Morgan fingerprint density at radius 3 is 0.857 bits per heavy atom. The molecule has 0 radical (unpaired) electrons. The zero-order chi connectivity index (χ0) is 33.7. The van der Waals surface area contributed by atoms with E-state index in [1.54, 1.807) is 0 Å². The molecule has 0 spiro atoms. The van der Waals surface area contributed by atoms with Crippen LogP contribution in [0.25, 0.3) is 0 Å². The van der Waals surface area contributed by atoms with E-state index in [0.717, 1.165) is 35.1 Å². The fourth-order valence-electron chi connectivity index (χ4n) is 6.42. The number of hydrogen-bond donors (Lipinski definition) is 0. The zero-order valence-electron chi connectivity index (χ0n) is 30.6. The summed E-state index contributed by atoms with van der Waals surface area (Å²) in [5.74, 6) is 0.562. The normalized spacial score (nSPS) is 12.3. The van der Waals surface area contributed by atoms with Gasteiger partial charge in [0.05, 0.1) is 10.8 Å². The van der Waals surface area contributed by atoms with Gasteiger partial charge in [0.2, 0.25) is 0 Å². The predicted molar refractivity (Wildman–Crippen MR) is 221 cm³/mol. The highest BCUT2D eigenvalue weighted by atomic mass is 35.5. The number of carbonyl (C=O) groups excluding carboxylic acids is 2. The Hall–Kier alpha value is -2.87. The molecule has 0 saturated carbocycles. The maximum absolute atomic E-state index is 13.2. The van der Waals surface area contributed by atoms with E-state index in [4.69, 9.17) is 0 Å². The lowest BCUT2D eigenvalue weighted by Gasteiger charge is -2.37. The van der Waals surface area contributed by atoms with Crippen LogP contribution in [-0.2, 0) is 20.4 Å². The number of carbonyl (C=O) groups is 2. The molecule has 0 fully saturated rings. The number of Topliss-reactive ketones (excluding diaryl/α,β-unsaturated/α-hetero) is 2. The Kier molecular flexibility index (Phi) is 20.8. The van der Waals surface area contributed by atoms with Crippen LogP contribution in [0, 0.1) is 0 Å². The molecule has 0 unspecified atom stereocenters. The zero-order valence-corrected chi connectivity index (χ0v) is 33.5. The monoisotopic (exact) mass is 722 g/mol. The standard InChI is InChI=1S/2C21H27NO.ClH.2H2S/c2*1-5-20(23)21(16-17(2)22(3)4,18-12-8-6-9-13-18)19-14-10-7-11-15-19;;;/h2*6-15,17H,5,16H2,1-4H3;1H;2*1H2/t2*17-;;;/m00.../s1. The fraction of sp³-hybridized carbons (Fsp3) is 0.381. The summed E-state index contributed by atoms with van der Waals surface area (Å²) < 4.78 is 0. The van der Waals surface area contributed by atoms with Gasteiger partial charge >= 0.3 is 0 Å². The molecule has 0 aliphatic heterocycles. The molecular formula is C42H59ClN2O2S2. The van der Waals surface area contributed by atoms with Crippen LogP contribution < -0.4 is 0 Å². The minimum absolute atomic E-state index is 0. The van der Waals surface area contributed by atoms with Crippen molar-refractivity contribution in [3.63, 3.8) is 0 Å². The Balaban J connectivity index is 0.000000886. The number of nitrogens with zero attached hydrogens (tertiary/aromatic N) is 2. The molecule has 0 aliphatic carbocycles. The molecule has 0 N–H and O–H groups in total. The first-order valence-corrected chi connectivity index (χ1v) is 16.7. The molecule has 268 valence electrons. The maximum Gasteiger partial charge on any atom is 0.147 e. The Labute approximate surface area is 317 Å². The Morgan fingerprint density at radius 1 is 0.490 bits per heavy atom. The second-order valence-electron chi connectivity index (χ2n) is 12.9. The molecule has 0 saturated heterocycles. The van der Waals surface area contributed by atoms with Crippen LogP contribution in [0.5, 0.6) is 0 Å². The van der Waals surface area contributed by atoms with E-state index >= 15 is 0 Å². The molecule has 7 heteroatoms. The SMILES string of the molecule is CCC(=O)C(C[C@H](C)N(C)C)(c1ccccc1)c1ccccc1.CCC(=O)C(C[C@H](C)N(C)C)(c1ccccc1)c1ccccc1.Cl.S.S. The van der Waals surface area contributed by atoms with Crippen molar-refractivity contribution in [2.24, 2.45) is 0 Å². The van der Waals surface area contributed by atoms with Crippen molar-refractivity contribution in [1.29, 1.82) is 0 Å². The van der Waals surface area contributed by atoms with Crippen LogP contribution in [-0.4, -0.2) is 61.6 Å². The van der Waals surface area contributed by atoms with E-state index in [2.05, 4.69) is 100 Å². The van der Waals surface area contributed by atoms with E-state index in [-0.39, 0.29) is 51.0 Å². The molecule has 0 bridgehead atoms. The van der Waals surface area contributed by atoms with E-state index in [1.165, 1.54) is 0 Å². The summed E-state index contributed by atoms with van der Waals surface area (Å²) in [7, 11) is 8.29. The topological polar surface area (TPSA) is 40.6 Å². The van der Waals surface area contributed by atoms with Crippen molar-refractivity contribution < 1.29 is 9.59 Å². The number of hydrogen-bond acceptors (Lipinski definition) is 4. The van der Waals surface area contributed by atoms with Gasteiger partial charge in [-0.1, -0.05) is 135 Å². The van der Waals surface area contributed by atoms with Gasteiger partial charge in [0.1, 0.15) is 11.6 Å². The first kappa shape index (κ1) is 46.1. The predicted octanol–water partition coefficient (Wildman–Crippen LogP) is 9.23. The molecule has 0 aliphatic rings. The Bertz CT molecular complexity index is 1290. The minimum Gasteiger partial charge on any atom is -0.307 e. The van der Waals surface area contributed by atoms with Gasteiger partial charge in [-0.05, 0) is 77.1 Å². The third-order valence-electron chi connectivity index (χ3n) is 9.63. The summed E-state index contributed by atoms with van der Waals surface area (Å²) >= 11 is 0. The van der Waals surface area contributed by atoms with Crippen molar-refractivity contribution in [3.8, 4) is 0 Å². The highest BCUT2D eigenvalue weighted by Gasteiger charge is 2.43. The lowest BCUT2D eigenvalue weighted by Crippen LogP contribution is -2.42. The molecule has 0 aromatic heterocycles. The van der Waals surface area contributed by atoms with Crippen LogP contribution in [0.3, 0.4) is 0 Å². The summed E-state index contributed by atoms with van der Waals surface area (Å²) in [4.78, 5) is 30.7. The molecule has 0 heterocycles. The first-order chi connectivity index (χ1) is 22.0. The van der Waals surface area contributed by atoms with Crippen LogP contribution in [0.4, 0.5) is 0 Å². The molecule has 2 atom stereocenters. The van der Waals surface area contributed by atoms with Gasteiger partial charge < -0.3 is 9.80 Å². The third-order valence-corrected chi connectivity index (χ3v) is 9.63. The number of benzene rings is 4. The number of rotatable bonds is 14. The fourth-order valence-corrected chi connectivity index (χ4v) is 6.42. The number of halogens is 1. The minimum atomic E-state index is -0.582. The first-order valence-electron chi connectivity index (χ1n) is 16.7. The van der Waals surface area contributed by atoms with Gasteiger partial charge in [-0.2, -0.15) is 27.0 Å². The van der Waals surface area contributed by atoms with Crippen LogP contribution in [0.1, 0.15) is 75.6 Å². The van der Waals surface area contributed by atoms with Gasteiger partial charge in [0.25, 0.3) is 0 Å². The van der Waals surface area contributed by atoms with Crippen LogP contribution >= 0.6 is 39.4 Å². The van der Waals surface area contributed by atoms with Crippen molar-refractivity contribution in [3.05, 3.63) is 144 Å². The van der Waals surface area contributed by atoms with Gasteiger partial charge in [-0.3, -0.25) is 9.59 Å². The summed E-state index contributed by atoms with van der Waals surface area (Å²) in [6.45, 7) is 8.29. The molecule has 4 aromatic carbocycles. The van der Waals surface area contributed by atoms with E-state index in [1.807, 2.05) is 86.6 Å². The maximum atomic E-state index is 13.2. The number of ketones is 2. The van der Waals surface area contributed by atoms with Gasteiger partial charge in [-0.25, -0.2) is 0 Å². The van der Waals surface area contributed by atoms with E-state index in [9.17, 15) is 9.59 Å². The molecule has 4 aromatic rings. The van der Waals surface area contributed by atoms with Crippen molar-refractivity contribution in [2.45, 2.75) is 76.3 Å². The van der Waals surface area contributed by atoms with Crippen molar-refractivity contribution >= 4 is 51.0 Å². The van der Waals surface area contributed by atoms with Crippen molar-refractivity contribution in [2.75, 3.05) is 28.2 Å².